The van der Waals surface area contributed by atoms with Crippen molar-refractivity contribution in [3.63, 3.8) is 0 Å². The van der Waals surface area contributed by atoms with E-state index in [2.05, 4.69) is 15.5 Å². The Morgan fingerprint density at radius 1 is 1.08 bits per heavy atom. The molecule has 5 nitrogen and oxygen atoms in total. The monoisotopic (exact) mass is 317 g/mol. The number of anilines is 1. The molecule has 1 N–H and O–H groups in total. The molecule has 4 rings (SSSR count). The van der Waals surface area contributed by atoms with Gasteiger partial charge in [0.1, 0.15) is 5.69 Å². The number of nitrogens with zero attached hydrogens (tertiary/aromatic N) is 2. The highest BCUT2D eigenvalue weighted by molar-refractivity contribution is 6.03. The van der Waals surface area contributed by atoms with Crippen LogP contribution in [0, 0.1) is 6.92 Å². The number of aromatic nitrogens is 2. The number of rotatable bonds is 3. The number of fused-ring (bicyclic) bond motifs is 2. The second-order valence-corrected chi connectivity index (χ2v) is 5.68. The van der Waals surface area contributed by atoms with Crippen molar-refractivity contribution in [2.45, 2.75) is 13.3 Å². The summed E-state index contributed by atoms with van der Waals surface area (Å²) >= 11 is 0. The zero-order valence-corrected chi connectivity index (χ0v) is 13.1. The third-order valence-corrected chi connectivity index (χ3v) is 4.03. The van der Waals surface area contributed by atoms with E-state index >= 15 is 0 Å². The van der Waals surface area contributed by atoms with Gasteiger partial charge in [-0.2, -0.15) is 0 Å². The second-order valence-electron chi connectivity index (χ2n) is 5.68. The number of aryl methyl sites for hydroxylation is 1. The molecule has 0 aliphatic carbocycles. The molecule has 0 saturated heterocycles. The smallest absolute Gasteiger partial charge is 0.230 e. The lowest BCUT2D eigenvalue weighted by Crippen LogP contribution is -2.15. The standard InChI is InChI=1S/C19H15N3O2/c1-12-8-9-15(14-6-4-10-20-19(12)14)21-18(23)11-16-13-5-2-3-7-17(13)24-22-16/h2-10H,11H2,1H3,(H,21,23). The maximum Gasteiger partial charge on any atom is 0.230 e. The highest BCUT2D eigenvalue weighted by atomic mass is 16.5. The number of carbonyl (C=O) groups excluding carboxylic acids is 1. The molecule has 118 valence electrons. The van der Waals surface area contributed by atoms with Gasteiger partial charge in [-0.05, 0) is 42.8 Å². The molecule has 0 radical (unpaired) electrons. The number of amides is 1. The van der Waals surface area contributed by atoms with Crippen LogP contribution in [0.3, 0.4) is 0 Å². The largest absolute Gasteiger partial charge is 0.356 e. The van der Waals surface area contributed by atoms with Gasteiger partial charge in [0.2, 0.25) is 5.91 Å². The van der Waals surface area contributed by atoms with Crippen molar-refractivity contribution in [2.75, 3.05) is 5.32 Å². The van der Waals surface area contributed by atoms with Crippen molar-refractivity contribution in [3.8, 4) is 0 Å². The number of para-hydroxylation sites is 1. The molecular formula is C19H15N3O2. The number of nitrogens with one attached hydrogen (secondary N) is 1. The summed E-state index contributed by atoms with van der Waals surface area (Å²) in [5.41, 5.74) is 4.04. The number of hydrogen-bond donors (Lipinski definition) is 1. The van der Waals surface area contributed by atoms with Crippen molar-refractivity contribution in [1.29, 1.82) is 0 Å². The first kappa shape index (κ1) is 14.4. The molecule has 2 heterocycles. The Labute approximate surface area is 138 Å². The van der Waals surface area contributed by atoms with E-state index in [4.69, 9.17) is 4.52 Å². The fourth-order valence-corrected chi connectivity index (χ4v) is 2.84. The Morgan fingerprint density at radius 3 is 2.83 bits per heavy atom. The topological polar surface area (TPSA) is 68.0 Å². The molecule has 5 heteroatoms. The van der Waals surface area contributed by atoms with E-state index in [1.807, 2.05) is 55.5 Å². The third-order valence-electron chi connectivity index (χ3n) is 4.03. The second kappa shape index (κ2) is 5.77. The molecule has 0 saturated carbocycles. The predicted molar refractivity (Wildman–Crippen MR) is 92.8 cm³/mol. The number of pyridine rings is 1. The van der Waals surface area contributed by atoms with Crippen molar-refractivity contribution in [1.82, 2.24) is 10.1 Å². The highest BCUT2D eigenvalue weighted by Crippen LogP contribution is 2.25. The third kappa shape index (κ3) is 2.50. The van der Waals surface area contributed by atoms with Crippen molar-refractivity contribution < 1.29 is 9.32 Å². The number of carbonyl (C=O) groups is 1. The summed E-state index contributed by atoms with van der Waals surface area (Å²) < 4.78 is 5.25. The zero-order valence-electron chi connectivity index (χ0n) is 13.1. The maximum absolute atomic E-state index is 12.4. The van der Waals surface area contributed by atoms with Gasteiger partial charge < -0.3 is 9.84 Å². The van der Waals surface area contributed by atoms with Crippen LogP contribution in [0.5, 0.6) is 0 Å². The molecule has 0 spiro atoms. The molecule has 0 bridgehead atoms. The maximum atomic E-state index is 12.4. The average molecular weight is 317 g/mol. The normalized spacial score (nSPS) is 11.0. The lowest BCUT2D eigenvalue weighted by molar-refractivity contribution is -0.115. The van der Waals surface area contributed by atoms with Gasteiger partial charge in [0, 0.05) is 17.0 Å². The van der Waals surface area contributed by atoms with Crippen LogP contribution in [0.2, 0.25) is 0 Å². The van der Waals surface area contributed by atoms with E-state index in [1.54, 1.807) is 6.20 Å². The fraction of sp³-hybridized carbons (Fsp3) is 0.105. The quantitative estimate of drug-likeness (QED) is 0.623. The Hall–Kier alpha value is -3.21. The molecule has 0 atom stereocenters. The summed E-state index contributed by atoms with van der Waals surface area (Å²) in [5, 5.41) is 8.75. The minimum absolute atomic E-state index is 0.136. The van der Waals surface area contributed by atoms with Crippen molar-refractivity contribution >= 4 is 33.5 Å². The predicted octanol–water partition coefficient (Wildman–Crippen LogP) is 3.87. The van der Waals surface area contributed by atoms with E-state index in [-0.39, 0.29) is 12.3 Å². The first-order valence-electron chi connectivity index (χ1n) is 7.70. The van der Waals surface area contributed by atoms with Gasteiger partial charge >= 0.3 is 0 Å². The molecule has 4 aromatic rings. The molecule has 0 aliphatic rings. The van der Waals surface area contributed by atoms with Crippen LogP contribution >= 0.6 is 0 Å². The summed E-state index contributed by atoms with van der Waals surface area (Å²) in [6, 6.07) is 15.2. The van der Waals surface area contributed by atoms with E-state index in [0.717, 1.165) is 27.5 Å². The molecule has 2 aromatic heterocycles. The Bertz CT molecular complexity index is 1050. The average Bonchev–Trinajstić information content (AvgIpc) is 3.01. The van der Waals surface area contributed by atoms with Crippen LogP contribution in [0.1, 0.15) is 11.3 Å². The molecule has 0 aliphatic heterocycles. The Balaban J connectivity index is 1.62. The number of hydrogen-bond acceptors (Lipinski definition) is 4. The van der Waals surface area contributed by atoms with Crippen LogP contribution < -0.4 is 5.32 Å². The molecule has 0 unspecified atom stereocenters. The van der Waals surface area contributed by atoms with Crippen LogP contribution in [-0.2, 0) is 11.2 Å². The summed E-state index contributed by atoms with van der Waals surface area (Å²) in [4.78, 5) is 16.8. The van der Waals surface area contributed by atoms with Crippen molar-refractivity contribution in [3.05, 3.63) is 66.0 Å². The highest BCUT2D eigenvalue weighted by Gasteiger charge is 2.13. The molecule has 24 heavy (non-hydrogen) atoms. The van der Waals surface area contributed by atoms with E-state index < -0.39 is 0 Å². The Morgan fingerprint density at radius 2 is 1.92 bits per heavy atom. The van der Waals surface area contributed by atoms with Gasteiger partial charge in [0.25, 0.3) is 0 Å². The summed E-state index contributed by atoms with van der Waals surface area (Å²) in [6.45, 7) is 2.00. The minimum Gasteiger partial charge on any atom is -0.356 e. The van der Waals surface area contributed by atoms with E-state index in [0.29, 0.717) is 11.3 Å². The minimum atomic E-state index is -0.136. The van der Waals surface area contributed by atoms with Gasteiger partial charge in [0.05, 0.1) is 17.6 Å². The zero-order chi connectivity index (χ0) is 16.5. The Kier molecular flexibility index (Phi) is 3.46. The first-order valence-corrected chi connectivity index (χ1v) is 7.70. The summed E-state index contributed by atoms with van der Waals surface area (Å²) in [5.74, 6) is -0.136. The van der Waals surface area contributed by atoms with E-state index in [1.165, 1.54) is 0 Å². The van der Waals surface area contributed by atoms with Crippen LogP contribution in [0.15, 0.2) is 59.3 Å². The van der Waals surface area contributed by atoms with Crippen LogP contribution in [0.25, 0.3) is 21.9 Å². The molecule has 0 fully saturated rings. The van der Waals surface area contributed by atoms with Crippen LogP contribution in [-0.4, -0.2) is 16.0 Å². The molecule has 2 aromatic carbocycles. The van der Waals surface area contributed by atoms with Gasteiger partial charge in [-0.1, -0.05) is 23.4 Å². The van der Waals surface area contributed by atoms with Crippen molar-refractivity contribution in [2.24, 2.45) is 0 Å². The lowest BCUT2D eigenvalue weighted by atomic mass is 10.1. The van der Waals surface area contributed by atoms with Crippen LogP contribution in [0.4, 0.5) is 5.69 Å². The molecule has 1 amide bonds. The van der Waals surface area contributed by atoms with Gasteiger partial charge in [-0.3, -0.25) is 9.78 Å². The van der Waals surface area contributed by atoms with Gasteiger partial charge in [0.15, 0.2) is 5.58 Å². The molecular weight excluding hydrogens is 302 g/mol. The SMILES string of the molecule is Cc1ccc(NC(=O)Cc2noc3ccccc23)c2cccnc12. The van der Waals surface area contributed by atoms with Gasteiger partial charge in [-0.15, -0.1) is 0 Å². The summed E-state index contributed by atoms with van der Waals surface area (Å²) in [6.07, 6.45) is 1.91. The number of benzene rings is 2. The fourth-order valence-electron chi connectivity index (χ4n) is 2.84. The first-order chi connectivity index (χ1) is 11.7. The lowest BCUT2D eigenvalue weighted by Gasteiger charge is -2.09. The van der Waals surface area contributed by atoms with E-state index in [9.17, 15) is 4.79 Å². The van der Waals surface area contributed by atoms with Gasteiger partial charge in [-0.25, -0.2) is 0 Å². The summed E-state index contributed by atoms with van der Waals surface area (Å²) in [7, 11) is 0.